The standard InChI is InChI=1S/C21H31N3O3/c1-3-12-27-22-21(17-18(2)23-8-13-25-14-9-23)19-4-6-20(7-5-19)24-10-15-26-16-11-24/h3-7,18H,1,8-17H2,2H3. The molecule has 1 atom stereocenters. The van der Waals surface area contributed by atoms with Gasteiger partial charge in [-0.3, -0.25) is 4.90 Å². The molecule has 0 bridgehead atoms. The highest BCUT2D eigenvalue weighted by Crippen LogP contribution is 2.19. The number of hydrogen-bond acceptors (Lipinski definition) is 6. The van der Waals surface area contributed by atoms with Crippen LogP contribution in [0, 0.1) is 0 Å². The van der Waals surface area contributed by atoms with E-state index < -0.39 is 0 Å². The first kappa shape index (κ1) is 19.9. The summed E-state index contributed by atoms with van der Waals surface area (Å²) in [5, 5.41) is 4.41. The highest BCUT2D eigenvalue weighted by Gasteiger charge is 2.20. The fourth-order valence-corrected chi connectivity index (χ4v) is 3.49. The average Bonchev–Trinajstić information content (AvgIpc) is 2.74. The topological polar surface area (TPSA) is 46.5 Å². The van der Waals surface area contributed by atoms with Gasteiger partial charge in [-0.1, -0.05) is 29.9 Å². The number of rotatable bonds is 8. The predicted octanol–water partition coefficient (Wildman–Crippen LogP) is 2.54. The summed E-state index contributed by atoms with van der Waals surface area (Å²) < 4.78 is 10.9. The fourth-order valence-electron chi connectivity index (χ4n) is 3.49. The third-order valence-electron chi connectivity index (χ3n) is 5.10. The second-order valence-corrected chi connectivity index (χ2v) is 6.97. The van der Waals surface area contributed by atoms with E-state index in [4.69, 9.17) is 14.3 Å². The molecule has 2 aliphatic rings. The zero-order chi connectivity index (χ0) is 18.9. The molecule has 2 saturated heterocycles. The Labute approximate surface area is 162 Å². The van der Waals surface area contributed by atoms with Crippen molar-refractivity contribution in [3.05, 3.63) is 42.5 Å². The summed E-state index contributed by atoms with van der Waals surface area (Å²) in [4.78, 5) is 10.2. The number of benzene rings is 1. The first-order chi connectivity index (χ1) is 13.3. The molecule has 1 aromatic carbocycles. The van der Waals surface area contributed by atoms with Gasteiger partial charge in [0.15, 0.2) is 0 Å². The molecule has 0 amide bonds. The third kappa shape index (κ3) is 5.79. The molecule has 2 heterocycles. The molecular weight excluding hydrogens is 342 g/mol. The van der Waals surface area contributed by atoms with E-state index in [9.17, 15) is 0 Å². The van der Waals surface area contributed by atoms with E-state index in [2.05, 4.69) is 52.7 Å². The quantitative estimate of drug-likeness (QED) is 0.303. The van der Waals surface area contributed by atoms with Gasteiger partial charge in [0.2, 0.25) is 0 Å². The van der Waals surface area contributed by atoms with Crippen molar-refractivity contribution < 1.29 is 14.3 Å². The Morgan fingerprint density at radius 1 is 1.11 bits per heavy atom. The van der Waals surface area contributed by atoms with E-state index in [1.54, 1.807) is 6.08 Å². The number of oxime groups is 1. The van der Waals surface area contributed by atoms with Crippen molar-refractivity contribution >= 4 is 11.4 Å². The van der Waals surface area contributed by atoms with Gasteiger partial charge in [0.25, 0.3) is 0 Å². The van der Waals surface area contributed by atoms with Crippen LogP contribution in [0.3, 0.4) is 0 Å². The molecule has 1 aromatic rings. The molecule has 0 aliphatic carbocycles. The van der Waals surface area contributed by atoms with Crippen LogP contribution >= 0.6 is 0 Å². The number of ether oxygens (including phenoxy) is 2. The van der Waals surface area contributed by atoms with Gasteiger partial charge in [0, 0.05) is 44.3 Å². The Morgan fingerprint density at radius 2 is 1.74 bits per heavy atom. The lowest BCUT2D eigenvalue weighted by molar-refractivity contribution is 0.0214. The minimum absolute atomic E-state index is 0.388. The molecule has 0 aromatic heterocycles. The average molecular weight is 373 g/mol. The SMILES string of the molecule is C=CCON=C(CC(C)N1CCOCC1)c1ccc(N2CCOCC2)cc1. The minimum Gasteiger partial charge on any atom is -0.391 e. The Balaban J connectivity index is 1.69. The molecule has 1 unspecified atom stereocenters. The van der Waals surface area contributed by atoms with Gasteiger partial charge in [-0.2, -0.15) is 0 Å². The van der Waals surface area contributed by atoms with Crippen molar-refractivity contribution in [2.75, 3.05) is 64.1 Å². The molecule has 2 aliphatic heterocycles. The second-order valence-electron chi connectivity index (χ2n) is 6.97. The zero-order valence-corrected chi connectivity index (χ0v) is 16.3. The summed E-state index contributed by atoms with van der Waals surface area (Å²) in [6.45, 7) is 13.4. The molecule has 0 N–H and O–H groups in total. The second kappa shape index (κ2) is 10.4. The van der Waals surface area contributed by atoms with Crippen LogP contribution in [0.15, 0.2) is 42.1 Å². The predicted molar refractivity (Wildman–Crippen MR) is 109 cm³/mol. The first-order valence-corrected chi connectivity index (χ1v) is 9.82. The molecule has 6 nitrogen and oxygen atoms in total. The van der Waals surface area contributed by atoms with Gasteiger partial charge >= 0.3 is 0 Å². The molecule has 148 valence electrons. The highest BCUT2D eigenvalue weighted by molar-refractivity contribution is 6.00. The van der Waals surface area contributed by atoms with Crippen molar-refractivity contribution in [3.63, 3.8) is 0 Å². The third-order valence-corrected chi connectivity index (χ3v) is 5.10. The fraction of sp³-hybridized carbons (Fsp3) is 0.571. The molecule has 2 fully saturated rings. The van der Waals surface area contributed by atoms with Crippen LogP contribution in [0.25, 0.3) is 0 Å². The summed E-state index contributed by atoms with van der Waals surface area (Å²) in [7, 11) is 0. The summed E-state index contributed by atoms with van der Waals surface area (Å²) in [5.74, 6) is 0. The van der Waals surface area contributed by atoms with Crippen LogP contribution in [0.4, 0.5) is 5.69 Å². The van der Waals surface area contributed by atoms with Gasteiger partial charge in [-0.15, -0.1) is 0 Å². The van der Waals surface area contributed by atoms with E-state index in [0.717, 1.165) is 70.3 Å². The molecule has 27 heavy (non-hydrogen) atoms. The van der Waals surface area contributed by atoms with E-state index in [1.807, 2.05) is 0 Å². The Morgan fingerprint density at radius 3 is 2.37 bits per heavy atom. The molecule has 6 heteroatoms. The molecule has 0 radical (unpaired) electrons. The maximum atomic E-state index is 5.47. The van der Waals surface area contributed by atoms with E-state index in [0.29, 0.717) is 12.6 Å². The van der Waals surface area contributed by atoms with E-state index >= 15 is 0 Å². The largest absolute Gasteiger partial charge is 0.391 e. The smallest absolute Gasteiger partial charge is 0.135 e. The van der Waals surface area contributed by atoms with Crippen LogP contribution in [0.2, 0.25) is 0 Å². The van der Waals surface area contributed by atoms with Gasteiger partial charge in [0.1, 0.15) is 6.61 Å². The monoisotopic (exact) mass is 373 g/mol. The van der Waals surface area contributed by atoms with Gasteiger partial charge in [0.05, 0.1) is 32.1 Å². The van der Waals surface area contributed by atoms with Crippen LogP contribution in [0.1, 0.15) is 18.9 Å². The molecule has 0 saturated carbocycles. The van der Waals surface area contributed by atoms with Gasteiger partial charge < -0.3 is 19.2 Å². The zero-order valence-electron chi connectivity index (χ0n) is 16.3. The van der Waals surface area contributed by atoms with Crippen LogP contribution in [0.5, 0.6) is 0 Å². The molecule has 3 rings (SSSR count). The summed E-state index contributed by atoms with van der Waals surface area (Å²) in [5.41, 5.74) is 3.31. The van der Waals surface area contributed by atoms with Crippen LogP contribution < -0.4 is 4.90 Å². The van der Waals surface area contributed by atoms with Crippen LogP contribution in [-0.4, -0.2) is 75.9 Å². The lowest BCUT2D eigenvalue weighted by Crippen LogP contribution is -2.43. The lowest BCUT2D eigenvalue weighted by Gasteiger charge is -2.32. The van der Waals surface area contributed by atoms with Crippen molar-refractivity contribution in [1.29, 1.82) is 0 Å². The first-order valence-electron chi connectivity index (χ1n) is 9.82. The number of hydrogen-bond donors (Lipinski definition) is 0. The normalized spacial score (nSPS) is 20.3. The number of anilines is 1. The van der Waals surface area contributed by atoms with Crippen molar-refractivity contribution in [2.24, 2.45) is 5.16 Å². The summed E-state index contributed by atoms with van der Waals surface area (Å²) in [6.07, 6.45) is 2.56. The maximum absolute atomic E-state index is 5.47. The maximum Gasteiger partial charge on any atom is 0.135 e. The van der Waals surface area contributed by atoms with Crippen molar-refractivity contribution in [1.82, 2.24) is 4.90 Å². The Kier molecular flexibility index (Phi) is 7.68. The van der Waals surface area contributed by atoms with E-state index in [-0.39, 0.29) is 0 Å². The lowest BCUT2D eigenvalue weighted by atomic mass is 10.0. The molecule has 0 spiro atoms. The molecular formula is C21H31N3O3. The Hall–Kier alpha value is -1.89. The van der Waals surface area contributed by atoms with Crippen LogP contribution in [-0.2, 0) is 14.3 Å². The summed E-state index contributed by atoms with van der Waals surface area (Å²) in [6, 6.07) is 9.02. The van der Waals surface area contributed by atoms with Gasteiger partial charge in [-0.05, 0) is 24.6 Å². The number of morpholine rings is 2. The van der Waals surface area contributed by atoms with Gasteiger partial charge in [-0.25, -0.2) is 0 Å². The van der Waals surface area contributed by atoms with Crippen molar-refractivity contribution in [2.45, 2.75) is 19.4 Å². The Bertz CT molecular complexity index is 606. The number of nitrogens with zero attached hydrogens (tertiary/aromatic N) is 3. The highest BCUT2D eigenvalue weighted by atomic mass is 16.6. The van der Waals surface area contributed by atoms with Crippen molar-refractivity contribution in [3.8, 4) is 0 Å². The summed E-state index contributed by atoms with van der Waals surface area (Å²) >= 11 is 0. The van der Waals surface area contributed by atoms with E-state index in [1.165, 1.54) is 5.69 Å². The minimum atomic E-state index is 0.388.